The average Bonchev–Trinajstić information content (AvgIpc) is 0.720. The van der Waals surface area contributed by atoms with Crippen LogP contribution in [0.25, 0.3) is 0 Å². The molecule has 20 nitrogen and oxygen atoms in total. The number of carbonyl (C=O) groups excluding carboxylic acids is 7. The van der Waals surface area contributed by atoms with Crippen LogP contribution in [0, 0.1) is 57.2 Å². The first-order chi connectivity index (χ1) is 63.6. The number of fused-ring (bicyclic) bond motifs is 4. The van der Waals surface area contributed by atoms with Gasteiger partial charge < -0.3 is 63.0 Å². The number of methoxy groups -OCH3 is 4. The van der Waals surface area contributed by atoms with Gasteiger partial charge in [0.25, 0.3) is 0 Å². The second-order valence-corrected chi connectivity index (χ2v) is 43.6. The Balaban J connectivity index is 0.000000124. The second kappa shape index (κ2) is 37.9. The minimum absolute atomic E-state index is 0.000423. The normalized spacial score (nSPS) is 28.4. The van der Waals surface area contributed by atoms with Gasteiger partial charge in [0.05, 0.1) is 49.4 Å². The van der Waals surface area contributed by atoms with E-state index in [1.165, 1.54) is 63.1 Å². The SMILES string of the molecule is COC1=C[C@@H]2[C@@H]3[C@H](Sc4ccc(C)cc4)c4ccc(C)c(OC(C)=O)c4[C@]2(CCN3C)CC1=O.COC1=C[C@@H]2[C@@H]3[C@H](Sc4ccc(Cl)cc4)c4ccc(C)c(OC(C)=O)c4[C@]2(CCN3C)CC1=O.COC1=C[C@@H]2[C@@H]3[C@H](Sc4ccc(F)cc4)c4ccc(C)c(OC(C)=O)c4[C@]2(CCN3C)CC1=O.COC1=C[C@@H]2[C@@H]3[C@H](Sc4ccccc4Br)c4ccc(O)c(O)c4[C@]2(CCN3C)CC1=O. The van der Waals surface area contributed by atoms with Gasteiger partial charge in [-0.1, -0.05) is 83.9 Å². The number of phenolic OH excluding ortho intramolecular Hbond substituents is 2. The summed E-state index contributed by atoms with van der Waals surface area (Å²) in [4.78, 5) is 103. The van der Waals surface area contributed by atoms with Crippen LogP contribution in [0.4, 0.5) is 4.39 Å². The highest BCUT2D eigenvalue weighted by Crippen LogP contribution is 2.69. The highest BCUT2D eigenvalue weighted by Gasteiger charge is 2.65. The van der Waals surface area contributed by atoms with Crippen molar-refractivity contribution in [2.45, 2.75) is 186 Å². The van der Waals surface area contributed by atoms with Crippen molar-refractivity contribution in [1.29, 1.82) is 0 Å². The Kier molecular flexibility index (Phi) is 27.2. The van der Waals surface area contributed by atoms with E-state index in [9.17, 15) is 48.2 Å². The number of ketones is 4. The summed E-state index contributed by atoms with van der Waals surface area (Å²) >= 11 is 16.9. The number of likely N-dealkylation sites (N-methyl/N-ethyl adjacent to an activating group) is 4. The number of likely N-dealkylation sites (tertiary alicyclic amines) is 4. The molecule has 4 fully saturated rings. The Morgan fingerprint density at radius 2 is 0.699 bits per heavy atom. The quantitative estimate of drug-likeness (QED) is 0.0551. The van der Waals surface area contributed by atoms with Gasteiger partial charge in [-0.05, 0) is 266 Å². The molecule has 20 rings (SSSR count). The number of esters is 3. The molecule has 8 aromatic rings. The number of ether oxygens (including phenoxy) is 7. The van der Waals surface area contributed by atoms with Gasteiger partial charge in [0, 0.05) is 167 Å². The predicted octanol–water partition coefficient (Wildman–Crippen LogP) is 20.4. The summed E-state index contributed by atoms with van der Waals surface area (Å²) in [5.74, 6) is 2.00. The number of carbonyl (C=O) groups is 7. The van der Waals surface area contributed by atoms with Crippen molar-refractivity contribution in [1.82, 2.24) is 19.6 Å². The summed E-state index contributed by atoms with van der Waals surface area (Å²) < 4.78 is 54.2. The number of thioether (sulfide) groups is 4. The summed E-state index contributed by atoms with van der Waals surface area (Å²) in [6.45, 7) is 15.6. The van der Waals surface area contributed by atoms with Crippen molar-refractivity contribution >= 4 is 116 Å². The molecule has 27 heteroatoms. The first-order valence-corrected chi connectivity index (χ1v) is 49.8. The number of hydrogen-bond acceptors (Lipinski definition) is 24. The number of benzene rings is 8. The van der Waals surface area contributed by atoms with Crippen molar-refractivity contribution in [2.24, 2.45) is 23.7 Å². The van der Waals surface area contributed by atoms with Gasteiger partial charge >= 0.3 is 17.9 Å². The fraction of sp³-hybridized carbons (Fsp3) is 0.406. The summed E-state index contributed by atoms with van der Waals surface area (Å²) in [5, 5.41) is 22.3. The number of halogens is 3. The van der Waals surface area contributed by atoms with E-state index >= 15 is 0 Å². The zero-order valence-electron chi connectivity index (χ0n) is 77.2. The Morgan fingerprint density at radius 1 is 0.406 bits per heavy atom. The second-order valence-electron chi connectivity index (χ2n) is 37.5. The lowest BCUT2D eigenvalue weighted by Crippen LogP contribution is -2.61. The van der Waals surface area contributed by atoms with Crippen LogP contribution in [0.2, 0.25) is 5.02 Å². The lowest BCUT2D eigenvalue weighted by molar-refractivity contribution is -0.133. The van der Waals surface area contributed by atoms with Crippen LogP contribution in [0.3, 0.4) is 0 Å². The molecule has 0 saturated carbocycles. The Morgan fingerprint density at radius 3 is 1.02 bits per heavy atom. The summed E-state index contributed by atoms with van der Waals surface area (Å²) in [5.41, 5.74) is 10.2. The minimum Gasteiger partial charge on any atom is -0.504 e. The Labute approximate surface area is 807 Å². The molecule has 0 aromatic heterocycles. The molecule has 12 aliphatic rings. The van der Waals surface area contributed by atoms with E-state index in [4.69, 9.17) is 44.8 Å². The van der Waals surface area contributed by atoms with Crippen LogP contribution in [-0.4, -0.2) is 178 Å². The maximum atomic E-state index is 13.6. The van der Waals surface area contributed by atoms with Crippen LogP contribution in [0.5, 0.6) is 28.7 Å². The summed E-state index contributed by atoms with van der Waals surface area (Å²) in [7, 11) is 14.8. The van der Waals surface area contributed by atoms with E-state index in [-0.39, 0.29) is 134 Å². The van der Waals surface area contributed by atoms with Crippen molar-refractivity contribution < 1.29 is 81.3 Å². The molecule has 2 N–H and O–H groups in total. The zero-order valence-corrected chi connectivity index (χ0v) is 82.9. The third kappa shape index (κ3) is 17.0. The summed E-state index contributed by atoms with van der Waals surface area (Å²) in [6, 6.07) is 47.7. The number of rotatable bonds is 15. The molecule has 696 valence electrons. The van der Waals surface area contributed by atoms with Gasteiger partial charge in [-0.3, -0.25) is 33.6 Å². The third-order valence-electron chi connectivity index (χ3n) is 30.0. The molecule has 16 atom stereocenters. The minimum atomic E-state index is -0.542. The van der Waals surface area contributed by atoms with Gasteiger partial charge in [-0.25, -0.2) is 4.39 Å². The van der Waals surface area contributed by atoms with Crippen LogP contribution in [0.15, 0.2) is 217 Å². The van der Waals surface area contributed by atoms with E-state index in [2.05, 4.69) is 125 Å². The highest BCUT2D eigenvalue weighted by atomic mass is 79.9. The maximum Gasteiger partial charge on any atom is 0.308 e. The monoisotopic (exact) mass is 1960 g/mol. The van der Waals surface area contributed by atoms with Gasteiger partial charge in [0.1, 0.15) is 23.1 Å². The molecule has 8 aliphatic carbocycles. The fourth-order valence-corrected chi connectivity index (χ4v) is 30.5. The molecule has 4 aliphatic heterocycles. The number of phenols is 2. The van der Waals surface area contributed by atoms with E-state index in [1.807, 2.05) is 117 Å². The molecular formula is C106H111BrClFN4O16S4. The molecule has 0 spiro atoms. The number of aromatic hydroxyl groups is 2. The predicted molar refractivity (Wildman–Crippen MR) is 518 cm³/mol. The standard InChI is InChI=1S/C28H31NO4S.C27H28ClNO4S.C27H28FNO4S.C24H24BrNO4S/c1-16-6-9-19(10-7-16)34-27-20-11-8-17(2)26(33-18(3)30)24(20)28-12-13-29(4)25(27)21(28)14-23(32-5)22(31)15-28;2*1-15-5-10-19-23(25(15)33-16(2)30)27-11-12-29(3)24(20(27)13-22(32-4)21(31)14-27)26(19)34-18-8-6-17(28)7-9-18;1-26-10-9-24-12-17(28)18(30-2)11-14(24)21(26)23(31-19-6-4-3-5-15(19)25)13-7-8-16(27)22(29)20(13)24/h6-11,14,21,25,27H,12-13,15H2,1-5H3;2*5-10,13,20,24,26H,11-12,14H2,1-4H3;3-8,11,14,21,23,27,29H,9-10,12H2,1-2H3/t21-,25-,27-,28-;2*20-,24-,26-,27-;14-,21-,23-,24-/m1111/s1. The molecule has 0 radical (unpaired) electrons. The number of piperidine rings is 4. The molecular weight excluding hydrogens is 1850 g/mol. The topological polar surface area (TPSA) is 238 Å². The van der Waals surface area contributed by atoms with Crippen molar-refractivity contribution in [3.63, 3.8) is 0 Å². The van der Waals surface area contributed by atoms with E-state index in [0.717, 1.165) is 127 Å². The van der Waals surface area contributed by atoms with Crippen molar-refractivity contribution in [3.05, 3.63) is 275 Å². The highest BCUT2D eigenvalue weighted by molar-refractivity contribution is 9.10. The fourth-order valence-electron chi connectivity index (χ4n) is 24.0. The smallest absolute Gasteiger partial charge is 0.308 e. The van der Waals surface area contributed by atoms with E-state index in [1.54, 1.807) is 67.7 Å². The van der Waals surface area contributed by atoms with Crippen molar-refractivity contribution in [3.8, 4) is 28.7 Å². The van der Waals surface area contributed by atoms with Crippen LogP contribution in [0.1, 0.15) is 160 Å². The molecule has 8 bridgehead atoms. The van der Waals surface area contributed by atoms with Gasteiger partial charge in [0.2, 0.25) is 0 Å². The molecule has 8 aromatic carbocycles. The van der Waals surface area contributed by atoms with Gasteiger partial charge in [-0.2, -0.15) is 0 Å². The van der Waals surface area contributed by atoms with Gasteiger partial charge in [-0.15, -0.1) is 47.0 Å². The van der Waals surface area contributed by atoms with Crippen LogP contribution >= 0.6 is 74.6 Å². The Hall–Kier alpha value is -9.45. The van der Waals surface area contributed by atoms with Gasteiger partial charge in [0.15, 0.2) is 57.7 Å². The molecule has 133 heavy (non-hydrogen) atoms. The number of Topliss-reactive ketones (excluding diaryl/α,β-unsaturated/α-hetero) is 4. The van der Waals surface area contributed by atoms with Crippen molar-refractivity contribution in [2.75, 3.05) is 82.8 Å². The molecule has 4 saturated heterocycles. The lowest BCUT2D eigenvalue weighted by Gasteiger charge is -2.59. The number of nitrogens with zero attached hydrogens (tertiary/aromatic N) is 4. The number of hydrogen-bond donors (Lipinski definition) is 2. The molecule has 0 amide bonds. The van der Waals surface area contributed by atoms with Crippen LogP contribution < -0.4 is 14.2 Å². The van der Waals surface area contributed by atoms with E-state index in [0.29, 0.717) is 64.6 Å². The average molecular weight is 1960 g/mol. The summed E-state index contributed by atoms with van der Waals surface area (Å²) in [6.07, 6.45) is 12.5. The Bertz CT molecular complexity index is 5710. The largest absolute Gasteiger partial charge is 0.504 e. The lowest BCUT2D eigenvalue weighted by atomic mass is 9.53. The maximum absolute atomic E-state index is 13.6. The number of aryl methyl sites for hydroxylation is 4. The first-order valence-electron chi connectivity index (χ1n) is 45.1. The molecule has 4 heterocycles. The third-order valence-corrected chi connectivity index (χ3v) is 36.6. The zero-order chi connectivity index (χ0) is 94.5. The molecule has 0 unspecified atom stereocenters. The van der Waals surface area contributed by atoms with E-state index < -0.39 is 21.7 Å². The first kappa shape index (κ1) is 95.3. The number of allylic oxidation sites excluding steroid dienone is 4. The van der Waals surface area contributed by atoms with Crippen LogP contribution in [-0.2, 0) is 74.2 Å².